The largest absolute Gasteiger partial charge is 0.481 e. The summed E-state index contributed by atoms with van der Waals surface area (Å²) in [4.78, 5) is 36.7. The van der Waals surface area contributed by atoms with Crippen molar-refractivity contribution < 1.29 is 35.9 Å². The lowest BCUT2D eigenvalue weighted by molar-refractivity contribution is -0.124. The number of pyridine rings is 2. The summed E-state index contributed by atoms with van der Waals surface area (Å²) in [5, 5.41) is 9.18. The third-order valence-electron chi connectivity index (χ3n) is 12.4. The molecular weight excluding hydrogens is 905 g/mol. The molecule has 2 fully saturated rings. The van der Waals surface area contributed by atoms with Crippen molar-refractivity contribution in [3.05, 3.63) is 108 Å². The number of ether oxygens (including phenoxy) is 2. The zero-order chi connectivity index (χ0) is 48.3. The average molecular weight is 963 g/mol. The van der Waals surface area contributed by atoms with E-state index in [9.17, 15) is 26.4 Å². The first kappa shape index (κ1) is 47.8. The smallest absolute Gasteiger partial charge is 0.265 e. The standard InChI is InChI=1S/C50H58N8O8S2/c1-31(2)25-45(65-39-13-9-34-17-19-53-47(51)41(34)29-39)49(59)56-38-12-16-44(58-22-6-24-68(58,63)64)36(28-38)8-7-32(3)26-46(66-40-14-10-35-18-20-54-48(52)42(35)30-40)50(60)55-37-11-15-43(33(4)27-37)57-21-5-23-67(57,61)62/h9-20,27-32,45-46H,5-8,21-26H2,1-4H3,(H2,51,53)(H2,52,54)(H,55,60)(H,56,59). The van der Waals surface area contributed by atoms with Gasteiger partial charge in [-0.05, 0) is 152 Å². The lowest BCUT2D eigenvalue weighted by atomic mass is 9.94. The molecule has 3 unspecified atom stereocenters. The van der Waals surface area contributed by atoms with Gasteiger partial charge in [0, 0.05) is 47.6 Å². The van der Waals surface area contributed by atoms with Crippen LogP contribution in [0.2, 0.25) is 0 Å². The molecule has 8 rings (SSSR count). The minimum absolute atomic E-state index is 0.0380. The van der Waals surface area contributed by atoms with Crippen molar-refractivity contribution in [1.82, 2.24) is 9.97 Å². The van der Waals surface area contributed by atoms with Crippen LogP contribution in [0.4, 0.5) is 34.4 Å². The highest BCUT2D eigenvalue weighted by Crippen LogP contribution is 2.35. The van der Waals surface area contributed by atoms with E-state index in [1.807, 2.05) is 58.0 Å². The molecule has 2 amide bonds. The minimum Gasteiger partial charge on any atom is -0.481 e. The number of nitrogens with zero attached hydrogens (tertiary/aromatic N) is 4. The number of fused-ring (bicyclic) bond motifs is 2. The highest BCUT2D eigenvalue weighted by Gasteiger charge is 2.32. The van der Waals surface area contributed by atoms with E-state index in [1.54, 1.807) is 67.0 Å². The number of nitrogens with two attached hydrogens (primary N) is 2. The summed E-state index contributed by atoms with van der Waals surface area (Å²) in [6, 6.07) is 24.9. The third kappa shape index (κ3) is 10.9. The van der Waals surface area contributed by atoms with Gasteiger partial charge < -0.3 is 31.6 Å². The van der Waals surface area contributed by atoms with Crippen LogP contribution in [-0.4, -0.2) is 75.4 Å². The van der Waals surface area contributed by atoms with E-state index in [0.29, 0.717) is 113 Å². The summed E-state index contributed by atoms with van der Waals surface area (Å²) in [6.07, 6.45) is 4.09. The number of nitrogen functional groups attached to an aromatic ring is 2. The Morgan fingerprint density at radius 1 is 0.662 bits per heavy atom. The quantitative estimate of drug-likeness (QED) is 0.0686. The molecule has 0 bridgehead atoms. The normalized spacial score (nSPS) is 16.7. The molecule has 68 heavy (non-hydrogen) atoms. The van der Waals surface area contributed by atoms with Crippen LogP contribution < -0.4 is 40.2 Å². The lowest BCUT2D eigenvalue weighted by Gasteiger charge is -2.25. The molecule has 3 atom stereocenters. The monoisotopic (exact) mass is 962 g/mol. The van der Waals surface area contributed by atoms with Gasteiger partial charge in [0.1, 0.15) is 23.1 Å². The van der Waals surface area contributed by atoms with Crippen molar-refractivity contribution in [2.75, 3.05) is 55.3 Å². The van der Waals surface area contributed by atoms with E-state index in [1.165, 1.54) is 8.61 Å². The first-order chi connectivity index (χ1) is 32.4. The summed E-state index contributed by atoms with van der Waals surface area (Å²) in [6.45, 7) is 8.57. The Labute approximate surface area is 397 Å². The number of carbonyl (C=O) groups excluding carboxylic acids is 2. The second-order valence-corrected chi connectivity index (χ2v) is 22.2. The fourth-order valence-electron chi connectivity index (χ4n) is 8.93. The molecule has 2 aliphatic heterocycles. The van der Waals surface area contributed by atoms with Crippen LogP contribution >= 0.6 is 0 Å². The molecule has 6 N–H and O–H groups in total. The zero-order valence-electron chi connectivity index (χ0n) is 38.6. The molecule has 4 heterocycles. The summed E-state index contributed by atoms with van der Waals surface area (Å²) >= 11 is 0. The SMILES string of the molecule is Cc1cc(NC(=O)C(CC(C)CCc2cc(NC(=O)C(CC(C)C)Oc3ccc4ccnc(N)c4c3)ccc2N2CCCS2(=O)=O)Oc2ccc3ccnc(N)c3c2)ccc1N1CCCS1(=O)=O. The third-order valence-corrected chi connectivity index (χ3v) is 16.1. The van der Waals surface area contributed by atoms with E-state index < -0.39 is 38.2 Å². The Bertz CT molecular complexity index is 3100. The highest BCUT2D eigenvalue weighted by atomic mass is 32.2. The van der Waals surface area contributed by atoms with Crippen molar-refractivity contribution in [3.63, 3.8) is 0 Å². The number of hydrogen-bond donors (Lipinski definition) is 4. The second kappa shape index (κ2) is 19.9. The number of aromatic nitrogens is 2. The number of rotatable bonds is 17. The van der Waals surface area contributed by atoms with Crippen molar-refractivity contribution in [2.45, 2.75) is 78.4 Å². The number of nitrogens with one attached hydrogen (secondary N) is 2. The van der Waals surface area contributed by atoms with Crippen LogP contribution in [0.3, 0.4) is 0 Å². The van der Waals surface area contributed by atoms with Gasteiger partial charge >= 0.3 is 0 Å². The summed E-state index contributed by atoms with van der Waals surface area (Å²) in [5.74, 6) is 0.915. The van der Waals surface area contributed by atoms with Gasteiger partial charge in [0.15, 0.2) is 12.2 Å². The molecule has 0 aliphatic carbocycles. The molecule has 0 radical (unpaired) electrons. The van der Waals surface area contributed by atoms with E-state index >= 15 is 0 Å². The molecule has 2 aliphatic rings. The number of benzene rings is 4. The van der Waals surface area contributed by atoms with Gasteiger partial charge in [0.2, 0.25) is 20.0 Å². The van der Waals surface area contributed by atoms with Crippen LogP contribution in [0, 0.1) is 18.8 Å². The molecule has 0 saturated carbocycles. The van der Waals surface area contributed by atoms with Gasteiger partial charge in [-0.2, -0.15) is 0 Å². The first-order valence-corrected chi connectivity index (χ1v) is 26.1. The van der Waals surface area contributed by atoms with Crippen molar-refractivity contribution in [3.8, 4) is 11.5 Å². The van der Waals surface area contributed by atoms with Crippen LogP contribution in [0.5, 0.6) is 11.5 Å². The molecule has 358 valence electrons. The highest BCUT2D eigenvalue weighted by molar-refractivity contribution is 7.93. The van der Waals surface area contributed by atoms with Gasteiger partial charge in [-0.15, -0.1) is 0 Å². The maximum absolute atomic E-state index is 14.3. The van der Waals surface area contributed by atoms with Crippen LogP contribution in [0.1, 0.15) is 64.0 Å². The van der Waals surface area contributed by atoms with Gasteiger partial charge in [-0.3, -0.25) is 18.2 Å². The number of carbonyl (C=O) groups is 2. The summed E-state index contributed by atoms with van der Waals surface area (Å²) in [5.41, 5.74) is 15.9. The minimum atomic E-state index is -3.55. The number of aryl methyl sites for hydroxylation is 2. The topological polar surface area (TPSA) is 229 Å². The number of hydrogen-bond acceptors (Lipinski definition) is 12. The number of anilines is 6. The molecule has 6 aromatic rings. The fourth-order valence-corrected chi connectivity index (χ4v) is 12.2. The van der Waals surface area contributed by atoms with E-state index in [4.69, 9.17) is 20.9 Å². The lowest BCUT2D eigenvalue weighted by Crippen LogP contribution is -2.35. The van der Waals surface area contributed by atoms with Gasteiger partial charge in [-0.25, -0.2) is 26.8 Å². The molecule has 2 saturated heterocycles. The first-order valence-electron chi connectivity index (χ1n) is 22.9. The van der Waals surface area contributed by atoms with E-state index in [0.717, 1.165) is 10.8 Å². The summed E-state index contributed by atoms with van der Waals surface area (Å²) in [7, 11) is -6.95. The Balaban J connectivity index is 1.02. The van der Waals surface area contributed by atoms with Crippen molar-refractivity contribution >= 4 is 87.8 Å². The average Bonchev–Trinajstić information content (AvgIpc) is 3.84. The van der Waals surface area contributed by atoms with E-state index in [2.05, 4.69) is 20.6 Å². The Morgan fingerprint density at radius 2 is 1.16 bits per heavy atom. The maximum Gasteiger partial charge on any atom is 0.265 e. The molecule has 0 spiro atoms. The zero-order valence-corrected chi connectivity index (χ0v) is 40.3. The number of sulfonamides is 2. The van der Waals surface area contributed by atoms with Crippen LogP contribution in [0.25, 0.3) is 21.5 Å². The maximum atomic E-state index is 14.3. The molecule has 18 heteroatoms. The molecular formula is C50H58N8O8S2. The second-order valence-electron chi connectivity index (χ2n) is 18.2. The van der Waals surface area contributed by atoms with Gasteiger partial charge in [-0.1, -0.05) is 32.9 Å². The predicted octanol–water partition coefficient (Wildman–Crippen LogP) is 7.81. The van der Waals surface area contributed by atoms with Crippen LogP contribution in [-0.2, 0) is 36.1 Å². The predicted molar refractivity (Wildman–Crippen MR) is 269 cm³/mol. The number of amides is 2. The van der Waals surface area contributed by atoms with Gasteiger partial charge in [0.25, 0.3) is 11.8 Å². The van der Waals surface area contributed by atoms with Gasteiger partial charge in [0.05, 0.1) is 22.9 Å². The summed E-state index contributed by atoms with van der Waals surface area (Å²) < 4.78 is 67.6. The Morgan fingerprint density at radius 3 is 1.66 bits per heavy atom. The fraction of sp³-hybridized carbons (Fsp3) is 0.360. The Kier molecular flexibility index (Phi) is 14.0. The van der Waals surface area contributed by atoms with Crippen LogP contribution in [0.15, 0.2) is 97.3 Å². The molecule has 4 aromatic carbocycles. The molecule has 16 nitrogen and oxygen atoms in total. The van der Waals surface area contributed by atoms with Crippen molar-refractivity contribution in [2.24, 2.45) is 11.8 Å². The molecule has 2 aromatic heterocycles. The van der Waals surface area contributed by atoms with Crippen molar-refractivity contribution in [1.29, 1.82) is 0 Å². The van der Waals surface area contributed by atoms with E-state index in [-0.39, 0.29) is 35.7 Å². The Hall–Kier alpha value is -6.66.